The van der Waals surface area contributed by atoms with Crippen molar-refractivity contribution in [2.24, 2.45) is 5.73 Å². The van der Waals surface area contributed by atoms with Crippen LogP contribution in [0.5, 0.6) is 0 Å². The molecule has 0 aliphatic heterocycles. The van der Waals surface area contributed by atoms with Crippen LogP contribution in [0.3, 0.4) is 0 Å². The Kier molecular flexibility index (Phi) is 3.88. The number of primary amides is 1. The number of hydrogen-bond donors (Lipinski definition) is 1. The fourth-order valence-electron chi connectivity index (χ4n) is 1.14. The van der Waals surface area contributed by atoms with Crippen LogP contribution in [0.4, 0.5) is 17.6 Å². The van der Waals surface area contributed by atoms with E-state index in [1.807, 2.05) is 0 Å². The van der Waals surface area contributed by atoms with Gasteiger partial charge in [-0.05, 0) is 12.1 Å². The van der Waals surface area contributed by atoms with E-state index >= 15 is 0 Å². The Morgan fingerprint density at radius 3 is 2.47 bits per heavy atom. The van der Waals surface area contributed by atoms with Crippen LogP contribution in [0.15, 0.2) is 24.3 Å². The molecule has 0 bridgehead atoms. The lowest BCUT2D eigenvalue weighted by Gasteiger charge is -2.07. The van der Waals surface area contributed by atoms with Crippen molar-refractivity contribution < 1.29 is 22.4 Å². The molecule has 1 amide bonds. The zero-order valence-corrected chi connectivity index (χ0v) is 8.59. The summed E-state index contributed by atoms with van der Waals surface area (Å²) < 4.78 is 49.9. The summed E-state index contributed by atoms with van der Waals surface area (Å²) in [6, 6.07) is 2.17. The molecule has 92 valence electrons. The van der Waals surface area contributed by atoms with E-state index < -0.39 is 23.5 Å². The molecule has 0 spiro atoms. The second-order valence-corrected chi connectivity index (χ2v) is 3.31. The summed E-state index contributed by atoms with van der Waals surface area (Å²) in [6.07, 6.45) is -2.18. The maximum Gasteiger partial charge on any atom is 0.416 e. The lowest BCUT2D eigenvalue weighted by atomic mass is 10.1. The maximum atomic E-state index is 13.2. The van der Waals surface area contributed by atoms with Crippen molar-refractivity contribution in [3.63, 3.8) is 0 Å². The molecule has 0 radical (unpaired) electrons. The fraction of sp³-hybridized carbons (Fsp3) is 0.182. The van der Waals surface area contributed by atoms with Crippen LogP contribution in [0.25, 0.3) is 6.08 Å². The minimum atomic E-state index is -4.57. The van der Waals surface area contributed by atoms with E-state index in [0.717, 1.165) is 12.1 Å². The molecule has 0 saturated carbocycles. The molecule has 0 atom stereocenters. The zero-order chi connectivity index (χ0) is 13.1. The van der Waals surface area contributed by atoms with Crippen molar-refractivity contribution >= 4 is 12.0 Å². The van der Waals surface area contributed by atoms with E-state index in [9.17, 15) is 22.4 Å². The van der Waals surface area contributed by atoms with Crippen LogP contribution in [-0.4, -0.2) is 5.91 Å². The smallest absolute Gasteiger partial charge is 0.369 e. The molecule has 0 aliphatic rings. The molecule has 0 saturated heterocycles. The van der Waals surface area contributed by atoms with Crippen LogP contribution in [0.1, 0.15) is 17.5 Å². The third kappa shape index (κ3) is 3.90. The van der Waals surface area contributed by atoms with Gasteiger partial charge in [-0.1, -0.05) is 18.2 Å². The highest BCUT2D eigenvalue weighted by Gasteiger charge is 2.30. The van der Waals surface area contributed by atoms with E-state index in [0.29, 0.717) is 6.07 Å². The van der Waals surface area contributed by atoms with Crippen molar-refractivity contribution in [1.82, 2.24) is 0 Å². The molecule has 2 nitrogen and oxygen atoms in total. The molecule has 0 heterocycles. The molecule has 0 unspecified atom stereocenters. The molecular weight excluding hydrogens is 238 g/mol. The molecule has 1 aromatic carbocycles. The third-order valence-corrected chi connectivity index (χ3v) is 1.94. The normalized spacial score (nSPS) is 12.0. The van der Waals surface area contributed by atoms with Crippen molar-refractivity contribution in [2.75, 3.05) is 0 Å². The number of carbonyl (C=O) groups is 1. The lowest BCUT2D eigenvalue weighted by molar-refractivity contribution is -0.137. The van der Waals surface area contributed by atoms with E-state index in [-0.39, 0.29) is 12.0 Å². The number of benzene rings is 1. The quantitative estimate of drug-likeness (QED) is 0.820. The van der Waals surface area contributed by atoms with Gasteiger partial charge < -0.3 is 5.73 Å². The molecule has 1 aromatic rings. The van der Waals surface area contributed by atoms with Gasteiger partial charge in [-0.25, -0.2) is 4.39 Å². The van der Waals surface area contributed by atoms with Crippen molar-refractivity contribution in [1.29, 1.82) is 0 Å². The van der Waals surface area contributed by atoms with Gasteiger partial charge in [0.15, 0.2) is 0 Å². The number of amides is 1. The van der Waals surface area contributed by atoms with Gasteiger partial charge in [-0.3, -0.25) is 4.79 Å². The highest BCUT2D eigenvalue weighted by Crippen LogP contribution is 2.30. The SMILES string of the molecule is NC(=O)CC=Cc1ccc(C(F)(F)F)cc1F. The summed E-state index contributed by atoms with van der Waals surface area (Å²) in [5.74, 6) is -1.60. The standard InChI is InChI=1S/C11H9F4NO/c12-9-6-8(11(13,14)15)5-4-7(9)2-1-3-10(16)17/h1-2,4-6H,3H2,(H2,16,17). The van der Waals surface area contributed by atoms with E-state index in [1.165, 1.54) is 12.2 Å². The van der Waals surface area contributed by atoms with Crippen LogP contribution in [-0.2, 0) is 11.0 Å². The Labute approximate surface area is 94.7 Å². The predicted octanol–water partition coefficient (Wildman–Crippen LogP) is 2.73. The number of nitrogens with two attached hydrogens (primary N) is 1. The first-order chi connectivity index (χ1) is 7.80. The zero-order valence-electron chi connectivity index (χ0n) is 8.59. The predicted molar refractivity (Wildman–Crippen MR) is 54.2 cm³/mol. The van der Waals surface area contributed by atoms with Gasteiger partial charge in [0.25, 0.3) is 0 Å². The molecule has 1 rings (SSSR count). The highest BCUT2D eigenvalue weighted by atomic mass is 19.4. The molecule has 0 aromatic heterocycles. The average molecular weight is 247 g/mol. The first-order valence-corrected chi connectivity index (χ1v) is 4.62. The Morgan fingerprint density at radius 2 is 2.00 bits per heavy atom. The third-order valence-electron chi connectivity index (χ3n) is 1.94. The number of carbonyl (C=O) groups excluding carboxylic acids is 1. The van der Waals surface area contributed by atoms with Gasteiger partial charge in [0.05, 0.1) is 5.56 Å². The minimum absolute atomic E-state index is 0.0285. The topological polar surface area (TPSA) is 43.1 Å². The van der Waals surface area contributed by atoms with Crippen molar-refractivity contribution in [2.45, 2.75) is 12.6 Å². The molecule has 0 fully saturated rings. The molecule has 6 heteroatoms. The summed E-state index contributed by atoms with van der Waals surface area (Å²) in [5, 5.41) is 0. The van der Waals surface area contributed by atoms with Crippen molar-refractivity contribution in [3.05, 3.63) is 41.2 Å². The summed E-state index contributed by atoms with van der Waals surface area (Å²) in [4.78, 5) is 10.4. The van der Waals surface area contributed by atoms with Crippen LogP contribution in [0, 0.1) is 5.82 Å². The van der Waals surface area contributed by atoms with Gasteiger partial charge in [0.2, 0.25) is 5.91 Å². The second-order valence-electron chi connectivity index (χ2n) is 3.31. The Hall–Kier alpha value is -1.85. The molecule has 2 N–H and O–H groups in total. The largest absolute Gasteiger partial charge is 0.416 e. The molecular formula is C11H9F4NO. The molecule has 0 aliphatic carbocycles. The van der Waals surface area contributed by atoms with Crippen LogP contribution in [0.2, 0.25) is 0 Å². The van der Waals surface area contributed by atoms with Gasteiger partial charge in [-0.2, -0.15) is 13.2 Å². The van der Waals surface area contributed by atoms with Gasteiger partial charge in [0, 0.05) is 12.0 Å². The minimum Gasteiger partial charge on any atom is -0.369 e. The number of halogens is 4. The van der Waals surface area contributed by atoms with Gasteiger partial charge >= 0.3 is 6.18 Å². The van der Waals surface area contributed by atoms with E-state index in [4.69, 9.17) is 5.73 Å². The first-order valence-electron chi connectivity index (χ1n) is 4.62. The first kappa shape index (κ1) is 13.2. The Balaban J connectivity index is 2.91. The summed E-state index contributed by atoms with van der Waals surface area (Å²) >= 11 is 0. The lowest BCUT2D eigenvalue weighted by Crippen LogP contribution is -2.08. The summed E-state index contributed by atoms with van der Waals surface area (Å²) in [7, 11) is 0. The van der Waals surface area contributed by atoms with Crippen LogP contribution >= 0.6 is 0 Å². The summed E-state index contributed by atoms with van der Waals surface area (Å²) in [5.41, 5.74) is 3.76. The van der Waals surface area contributed by atoms with Crippen molar-refractivity contribution in [3.8, 4) is 0 Å². The number of alkyl halides is 3. The van der Waals surface area contributed by atoms with Gasteiger partial charge in [0.1, 0.15) is 5.82 Å². The summed E-state index contributed by atoms with van der Waals surface area (Å²) in [6.45, 7) is 0. The van der Waals surface area contributed by atoms with Gasteiger partial charge in [-0.15, -0.1) is 0 Å². The average Bonchev–Trinajstić information content (AvgIpc) is 2.18. The van der Waals surface area contributed by atoms with E-state index in [1.54, 1.807) is 0 Å². The number of rotatable bonds is 3. The Bertz CT molecular complexity index is 451. The maximum absolute atomic E-state index is 13.2. The fourth-order valence-corrected chi connectivity index (χ4v) is 1.14. The monoisotopic (exact) mass is 247 g/mol. The van der Waals surface area contributed by atoms with E-state index in [2.05, 4.69) is 0 Å². The highest BCUT2D eigenvalue weighted by molar-refractivity contribution is 5.76. The van der Waals surface area contributed by atoms with Crippen LogP contribution < -0.4 is 5.73 Å². The number of hydrogen-bond acceptors (Lipinski definition) is 1. The second kappa shape index (κ2) is 4.99. The Morgan fingerprint density at radius 1 is 1.35 bits per heavy atom. The molecule has 17 heavy (non-hydrogen) atoms.